The first kappa shape index (κ1) is 19.0. The van der Waals surface area contributed by atoms with Crippen molar-refractivity contribution in [2.75, 3.05) is 26.2 Å². The van der Waals surface area contributed by atoms with Crippen molar-refractivity contribution in [1.82, 2.24) is 25.3 Å². The van der Waals surface area contributed by atoms with E-state index < -0.39 is 0 Å². The van der Waals surface area contributed by atoms with E-state index in [4.69, 9.17) is 4.52 Å². The first-order valence-electron chi connectivity index (χ1n) is 9.85. The van der Waals surface area contributed by atoms with E-state index in [9.17, 15) is 9.18 Å². The molecule has 150 valence electrons. The van der Waals surface area contributed by atoms with Crippen LogP contribution >= 0.6 is 0 Å². The number of aryl methyl sites for hydroxylation is 1. The van der Waals surface area contributed by atoms with Crippen LogP contribution in [0.2, 0.25) is 0 Å². The second-order valence-electron chi connectivity index (χ2n) is 7.75. The van der Waals surface area contributed by atoms with Crippen LogP contribution in [0.4, 0.5) is 4.39 Å². The number of rotatable bonds is 6. The van der Waals surface area contributed by atoms with Gasteiger partial charge in [0.2, 0.25) is 17.6 Å². The zero-order valence-electron chi connectivity index (χ0n) is 16.3. The predicted octanol–water partition coefficient (Wildman–Crippen LogP) is 1.97. The van der Waals surface area contributed by atoms with Gasteiger partial charge in [-0.05, 0) is 38.3 Å². The maximum Gasteiger partial charge on any atom is 0.241 e. The zero-order valence-corrected chi connectivity index (χ0v) is 16.3. The number of benzene rings is 1. The van der Waals surface area contributed by atoms with E-state index in [-0.39, 0.29) is 17.8 Å². The molecule has 1 aliphatic carbocycles. The number of nitrogens with one attached hydrogen (secondary N) is 1. The van der Waals surface area contributed by atoms with Crippen LogP contribution < -0.4 is 5.32 Å². The summed E-state index contributed by atoms with van der Waals surface area (Å²) < 4.78 is 19.1. The summed E-state index contributed by atoms with van der Waals surface area (Å²) in [6, 6.07) is 5.22. The molecule has 0 radical (unpaired) electrons. The molecule has 1 aromatic heterocycles. The molecule has 4 rings (SSSR count). The first-order chi connectivity index (χ1) is 13.5. The molecule has 1 N–H and O–H groups in total. The largest absolute Gasteiger partial charge is 0.352 e. The summed E-state index contributed by atoms with van der Waals surface area (Å²) in [5, 5.41) is 7.05. The van der Waals surface area contributed by atoms with Gasteiger partial charge in [0.05, 0.1) is 12.6 Å². The van der Waals surface area contributed by atoms with Crippen LogP contribution in [0, 0.1) is 12.7 Å². The molecule has 0 bridgehead atoms. The highest BCUT2D eigenvalue weighted by Crippen LogP contribution is 2.21. The van der Waals surface area contributed by atoms with Gasteiger partial charge in [-0.3, -0.25) is 14.6 Å². The molecule has 2 fully saturated rings. The van der Waals surface area contributed by atoms with Crippen LogP contribution in [0.15, 0.2) is 22.7 Å². The number of hydrogen-bond donors (Lipinski definition) is 1. The van der Waals surface area contributed by atoms with E-state index in [1.54, 1.807) is 19.1 Å². The molecule has 1 aromatic carbocycles. The maximum atomic E-state index is 13.7. The van der Waals surface area contributed by atoms with Crippen LogP contribution in [0.5, 0.6) is 0 Å². The molecule has 1 unspecified atom stereocenters. The lowest BCUT2D eigenvalue weighted by molar-refractivity contribution is -0.126. The summed E-state index contributed by atoms with van der Waals surface area (Å²) in [5.41, 5.74) is 1.20. The van der Waals surface area contributed by atoms with Gasteiger partial charge < -0.3 is 9.84 Å². The molecule has 1 saturated heterocycles. The molecular formula is C20H26FN5O2. The SMILES string of the molecule is Cc1ccc(-c2noc(CN3CCN(C(C)C(=O)NC4CC4)CC3)n2)cc1F. The van der Waals surface area contributed by atoms with Crippen molar-refractivity contribution in [1.29, 1.82) is 0 Å². The Bertz CT molecular complexity index is 843. The second kappa shape index (κ2) is 7.97. The minimum atomic E-state index is -0.278. The average Bonchev–Trinajstić information content (AvgIpc) is 3.39. The number of hydrogen-bond acceptors (Lipinski definition) is 6. The van der Waals surface area contributed by atoms with E-state index in [1.165, 1.54) is 6.07 Å². The number of carbonyl (C=O) groups is 1. The summed E-state index contributed by atoms with van der Waals surface area (Å²) in [5.74, 6) is 0.768. The second-order valence-corrected chi connectivity index (χ2v) is 7.75. The van der Waals surface area contributed by atoms with Gasteiger partial charge in [-0.15, -0.1) is 0 Å². The first-order valence-corrected chi connectivity index (χ1v) is 9.85. The van der Waals surface area contributed by atoms with Gasteiger partial charge in [0, 0.05) is 37.8 Å². The van der Waals surface area contributed by atoms with Crippen molar-refractivity contribution in [2.45, 2.75) is 45.3 Å². The quantitative estimate of drug-likeness (QED) is 0.817. The molecule has 1 amide bonds. The fraction of sp³-hybridized carbons (Fsp3) is 0.550. The van der Waals surface area contributed by atoms with Crippen LogP contribution in [0.25, 0.3) is 11.4 Å². The van der Waals surface area contributed by atoms with Crippen molar-refractivity contribution in [2.24, 2.45) is 0 Å². The summed E-state index contributed by atoms with van der Waals surface area (Å²) in [4.78, 5) is 21.1. The Kier molecular flexibility index (Phi) is 5.41. The number of carbonyl (C=O) groups excluding carboxylic acids is 1. The molecule has 1 aliphatic heterocycles. The summed E-state index contributed by atoms with van der Waals surface area (Å²) in [7, 11) is 0. The maximum absolute atomic E-state index is 13.7. The molecule has 0 spiro atoms. The molecule has 8 heteroatoms. The van der Waals surface area contributed by atoms with Crippen LogP contribution in [-0.2, 0) is 11.3 Å². The Labute approximate surface area is 163 Å². The average molecular weight is 387 g/mol. The van der Waals surface area contributed by atoms with Crippen molar-refractivity contribution in [3.63, 3.8) is 0 Å². The van der Waals surface area contributed by atoms with Gasteiger partial charge in [0.15, 0.2) is 0 Å². The lowest BCUT2D eigenvalue weighted by Gasteiger charge is -2.36. The van der Waals surface area contributed by atoms with Gasteiger partial charge in [-0.1, -0.05) is 17.3 Å². The highest BCUT2D eigenvalue weighted by Gasteiger charge is 2.30. The van der Waals surface area contributed by atoms with Crippen molar-refractivity contribution in [3.05, 3.63) is 35.5 Å². The van der Waals surface area contributed by atoms with E-state index in [0.29, 0.717) is 35.4 Å². The van der Waals surface area contributed by atoms with Crippen molar-refractivity contribution in [3.8, 4) is 11.4 Å². The Balaban J connectivity index is 1.29. The smallest absolute Gasteiger partial charge is 0.241 e. The van der Waals surface area contributed by atoms with E-state index >= 15 is 0 Å². The summed E-state index contributed by atoms with van der Waals surface area (Å²) in [6.45, 7) is 7.55. The lowest BCUT2D eigenvalue weighted by Crippen LogP contribution is -2.53. The Morgan fingerprint density at radius 3 is 2.75 bits per heavy atom. The Morgan fingerprint density at radius 2 is 2.07 bits per heavy atom. The lowest BCUT2D eigenvalue weighted by atomic mass is 10.1. The third kappa shape index (κ3) is 4.39. The third-order valence-electron chi connectivity index (χ3n) is 5.51. The van der Waals surface area contributed by atoms with E-state index in [0.717, 1.165) is 39.0 Å². The van der Waals surface area contributed by atoms with Crippen molar-refractivity contribution < 1.29 is 13.7 Å². The minimum absolute atomic E-state index is 0.103. The van der Waals surface area contributed by atoms with Gasteiger partial charge in [-0.25, -0.2) is 4.39 Å². The number of nitrogens with zero attached hydrogens (tertiary/aromatic N) is 4. The van der Waals surface area contributed by atoms with Gasteiger partial charge >= 0.3 is 0 Å². The Morgan fingerprint density at radius 1 is 1.32 bits per heavy atom. The molecule has 7 nitrogen and oxygen atoms in total. The van der Waals surface area contributed by atoms with E-state index in [2.05, 4.69) is 25.3 Å². The molecule has 2 aromatic rings. The standard InChI is InChI=1S/C20H26FN5O2/c1-13-3-4-15(11-17(13)21)19-23-18(28-24-19)12-25-7-9-26(10-8-25)14(2)20(27)22-16-5-6-16/h3-4,11,14,16H,5-10,12H2,1-2H3,(H,22,27). The summed E-state index contributed by atoms with van der Waals surface area (Å²) >= 11 is 0. The van der Waals surface area contributed by atoms with Crippen LogP contribution in [-0.4, -0.2) is 64.1 Å². The fourth-order valence-electron chi connectivity index (χ4n) is 3.38. The Hall–Kier alpha value is -2.32. The van der Waals surface area contributed by atoms with Gasteiger partial charge in [0.1, 0.15) is 5.82 Å². The number of amides is 1. The predicted molar refractivity (Wildman–Crippen MR) is 102 cm³/mol. The molecule has 2 heterocycles. The number of halogens is 1. The highest BCUT2D eigenvalue weighted by atomic mass is 19.1. The summed E-state index contributed by atoms with van der Waals surface area (Å²) in [6.07, 6.45) is 2.21. The fourth-order valence-corrected chi connectivity index (χ4v) is 3.38. The molecule has 2 aliphatic rings. The normalized spacial score (nSPS) is 19.5. The molecular weight excluding hydrogens is 361 g/mol. The number of piperazine rings is 1. The van der Waals surface area contributed by atoms with Crippen molar-refractivity contribution >= 4 is 5.91 Å². The monoisotopic (exact) mass is 387 g/mol. The molecule has 1 atom stereocenters. The van der Waals surface area contributed by atoms with E-state index in [1.807, 2.05) is 6.92 Å². The van der Waals surface area contributed by atoms with Crippen LogP contribution in [0.1, 0.15) is 31.2 Å². The molecule has 28 heavy (non-hydrogen) atoms. The third-order valence-corrected chi connectivity index (χ3v) is 5.51. The topological polar surface area (TPSA) is 74.5 Å². The van der Waals surface area contributed by atoms with Gasteiger partial charge in [-0.2, -0.15) is 4.98 Å². The molecule has 1 saturated carbocycles. The van der Waals surface area contributed by atoms with Crippen LogP contribution in [0.3, 0.4) is 0 Å². The minimum Gasteiger partial charge on any atom is -0.352 e. The highest BCUT2D eigenvalue weighted by molar-refractivity contribution is 5.81. The van der Waals surface area contributed by atoms with Gasteiger partial charge in [0.25, 0.3) is 0 Å². The zero-order chi connectivity index (χ0) is 19.7. The number of aromatic nitrogens is 2.